The monoisotopic (exact) mass is 511 g/mol. The summed E-state index contributed by atoms with van der Waals surface area (Å²) in [4.78, 5) is 36.5. The summed E-state index contributed by atoms with van der Waals surface area (Å²) in [6.07, 6.45) is 8.23. The van der Waals surface area contributed by atoms with Crippen molar-refractivity contribution in [2.24, 2.45) is 5.41 Å². The van der Waals surface area contributed by atoms with Gasteiger partial charge in [-0.15, -0.1) is 0 Å². The molecule has 5 rings (SSSR count). The SMILES string of the molecule is C[C@H](Oc1cc(-n2ccsc2=O)nc(C(=N)C2=C(O)[C@]3(CCCCC3=O)CCC2)n1)[C@@H]1CCCN1C. The molecule has 192 valence electrons. The van der Waals surface area contributed by atoms with Crippen LogP contribution in [0.5, 0.6) is 5.88 Å². The minimum atomic E-state index is -0.888. The van der Waals surface area contributed by atoms with Crippen LogP contribution in [-0.4, -0.2) is 61.8 Å². The number of aromatic nitrogens is 3. The summed E-state index contributed by atoms with van der Waals surface area (Å²) >= 11 is 1.06. The van der Waals surface area contributed by atoms with Crippen molar-refractivity contribution in [1.82, 2.24) is 19.4 Å². The van der Waals surface area contributed by atoms with Crippen molar-refractivity contribution in [2.45, 2.75) is 76.9 Å². The Morgan fingerprint density at radius 1 is 1.22 bits per heavy atom. The van der Waals surface area contributed by atoms with E-state index < -0.39 is 5.41 Å². The number of nitrogens with zero attached hydrogens (tertiary/aromatic N) is 4. The van der Waals surface area contributed by atoms with Gasteiger partial charge in [0.15, 0.2) is 5.82 Å². The fourth-order valence-electron chi connectivity index (χ4n) is 6.02. The highest BCUT2D eigenvalue weighted by molar-refractivity contribution is 7.07. The highest BCUT2D eigenvalue weighted by Gasteiger charge is 2.47. The summed E-state index contributed by atoms with van der Waals surface area (Å²) in [6, 6.07) is 1.87. The predicted molar refractivity (Wildman–Crippen MR) is 137 cm³/mol. The quantitative estimate of drug-likeness (QED) is 0.561. The first-order valence-electron chi connectivity index (χ1n) is 12.8. The molecular formula is C26H33N5O4S. The lowest BCUT2D eigenvalue weighted by Crippen LogP contribution is -2.39. The van der Waals surface area contributed by atoms with Crippen molar-refractivity contribution in [3.63, 3.8) is 0 Å². The average Bonchev–Trinajstić information content (AvgIpc) is 3.49. The van der Waals surface area contributed by atoms with E-state index in [-0.39, 0.29) is 46.0 Å². The number of rotatable bonds is 6. The van der Waals surface area contributed by atoms with E-state index in [0.717, 1.165) is 43.6 Å². The zero-order chi connectivity index (χ0) is 25.4. The molecule has 0 bridgehead atoms. The second kappa shape index (κ2) is 9.89. The molecule has 3 atom stereocenters. The Labute approximate surface area is 214 Å². The number of thiazole rings is 1. The van der Waals surface area contributed by atoms with Crippen molar-refractivity contribution in [3.8, 4) is 11.7 Å². The average molecular weight is 512 g/mol. The first kappa shape index (κ1) is 24.8. The first-order valence-corrected chi connectivity index (χ1v) is 13.7. The predicted octanol–water partition coefficient (Wildman–Crippen LogP) is 4.04. The summed E-state index contributed by atoms with van der Waals surface area (Å²) in [5, 5.41) is 22.0. The molecule has 10 heteroatoms. The zero-order valence-electron chi connectivity index (χ0n) is 20.8. The number of likely N-dealkylation sites (tertiary alicyclic amines) is 1. The maximum absolute atomic E-state index is 12.9. The number of hydrogen-bond donors (Lipinski definition) is 2. The lowest BCUT2D eigenvalue weighted by Gasteiger charge is -2.39. The Hall–Kier alpha value is -2.85. The van der Waals surface area contributed by atoms with E-state index in [2.05, 4.69) is 21.9 Å². The number of ketones is 1. The molecule has 0 unspecified atom stereocenters. The van der Waals surface area contributed by atoms with Gasteiger partial charge in [0.05, 0.1) is 5.41 Å². The van der Waals surface area contributed by atoms with Crippen LogP contribution in [0.15, 0.2) is 33.8 Å². The number of nitrogens with one attached hydrogen (secondary N) is 1. The van der Waals surface area contributed by atoms with Crippen LogP contribution >= 0.6 is 11.3 Å². The number of carbonyl (C=O) groups excluding carboxylic acids is 1. The minimum absolute atomic E-state index is 0.00794. The molecule has 0 amide bonds. The van der Waals surface area contributed by atoms with Crippen LogP contribution in [0.25, 0.3) is 5.82 Å². The lowest BCUT2D eigenvalue weighted by atomic mass is 9.64. The highest BCUT2D eigenvalue weighted by atomic mass is 32.1. The van der Waals surface area contributed by atoms with Crippen molar-refractivity contribution >= 4 is 22.8 Å². The molecule has 1 spiro atoms. The third kappa shape index (κ3) is 4.41. The molecule has 1 saturated heterocycles. The van der Waals surface area contributed by atoms with Crippen molar-refractivity contribution < 1.29 is 14.6 Å². The Bertz CT molecular complexity index is 1270. The lowest BCUT2D eigenvalue weighted by molar-refractivity contribution is -0.131. The van der Waals surface area contributed by atoms with Gasteiger partial charge in [-0.2, -0.15) is 4.98 Å². The number of allylic oxidation sites excluding steroid dienone is 2. The van der Waals surface area contributed by atoms with Crippen LogP contribution in [0.2, 0.25) is 0 Å². The molecule has 0 aromatic carbocycles. The number of ether oxygens (including phenoxy) is 1. The van der Waals surface area contributed by atoms with Gasteiger partial charge in [0.2, 0.25) is 5.88 Å². The van der Waals surface area contributed by atoms with E-state index in [1.54, 1.807) is 17.6 Å². The number of Topliss-reactive ketones (excluding diaryl/α,β-unsaturated/α-hetero) is 1. The third-order valence-electron chi connectivity index (χ3n) is 8.02. The topological polar surface area (TPSA) is 121 Å². The molecule has 0 radical (unpaired) electrons. The van der Waals surface area contributed by atoms with Crippen LogP contribution in [0.4, 0.5) is 0 Å². The van der Waals surface area contributed by atoms with Crippen molar-refractivity contribution in [2.75, 3.05) is 13.6 Å². The molecule has 2 N–H and O–H groups in total. The van der Waals surface area contributed by atoms with Gasteiger partial charge < -0.3 is 9.84 Å². The van der Waals surface area contributed by atoms with Crippen LogP contribution in [0, 0.1) is 10.8 Å². The fourth-order valence-corrected chi connectivity index (χ4v) is 6.59. The Morgan fingerprint density at radius 2 is 2.03 bits per heavy atom. The highest BCUT2D eigenvalue weighted by Crippen LogP contribution is 2.48. The second-order valence-electron chi connectivity index (χ2n) is 10.2. The van der Waals surface area contributed by atoms with Gasteiger partial charge >= 0.3 is 4.87 Å². The second-order valence-corrected chi connectivity index (χ2v) is 11.1. The third-order valence-corrected chi connectivity index (χ3v) is 8.68. The van der Waals surface area contributed by atoms with Gasteiger partial charge in [0.1, 0.15) is 29.2 Å². The van der Waals surface area contributed by atoms with Crippen LogP contribution in [0.1, 0.15) is 70.5 Å². The smallest absolute Gasteiger partial charge is 0.312 e. The van der Waals surface area contributed by atoms with E-state index in [1.165, 1.54) is 4.57 Å². The van der Waals surface area contributed by atoms with Gasteiger partial charge in [0.25, 0.3) is 0 Å². The molecular weight excluding hydrogens is 478 g/mol. The van der Waals surface area contributed by atoms with Gasteiger partial charge in [-0.05, 0) is 65.5 Å². The Morgan fingerprint density at radius 3 is 2.72 bits per heavy atom. The van der Waals surface area contributed by atoms with Gasteiger partial charge in [0, 0.05) is 35.7 Å². The summed E-state index contributed by atoms with van der Waals surface area (Å²) in [5.41, 5.74) is -0.493. The summed E-state index contributed by atoms with van der Waals surface area (Å²) < 4.78 is 7.65. The van der Waals surface area contributed by atoms with Crippen LogP contribution < -0.4 is 9.61 Å². The van der Waals surface area contributed by atoms with E-state index in [4.69, 9.17) is 10.1 Å². The minimum Gasteiger partial charge on any atom is -0.511 e. The van der Waals surface area contributed by atoms with E-state index in [1.807, 2.05) is 6.92 Å². The molecule has 3 aliphatic rings. The summed E-state index contributed by atoms with van der Waals surface area (Å²) in [7, 11) is 2.08. The molecule has 2 aromatic rings. The molecule has 2 aliphatic carbocycles. The number of aliphatic hydroxyl groups excluding tert-OH is 1. The fraction of sp³-hybridized carbons (Fsp3) is 0.577. The van der Waals surface area contributed by atoms with Crippen molar-refractivity contribution in [1.29, 1.82) is 5.41 Å². The molecule has 2 aromatic heterocycles. The number of hydrogen-bond acceptors (Lipinski definition) is 9. The largest absolute Gasteiger partial charge is 0.511 e. The van der Waals surface area contributed by atoms with E-state index in [9.17, 15) is 14.7 Å². The van der Waals surface area contributed by atoms with Gasteiger partial charge in [-0.3, -0.25) is 24.5 Å². The Balaban J connectivity index is 1.53. The van der Waals surface area contributed by atoms with Gasteiger partial charge in [-0.25, -0.2) is 4.98 Å². The van der Waals surface area contributed by atoms with Crippen LogP contribution in [0.3, 0.4) is 0 Å². The van der Waals surface area contributed by atoms with Gasteiger partial charge in [-0.1, -0.05) is 17.8 Å². The van der Waals surface area contributed by atoms with Crippen LogP contribution in [-0.2, 0) is 4.79 Å². The normalized spacial score (nSPS) is 25.9. The van der Waals surface area contributed by atoms with Crippen molar-refractivity contribution in [3.05, 3.63) is 44.5 Å². The number of aliphatic hydroxyl groups is 1. The first-order chi connectivity index (χ1) is 17.3. The number of likely N-dealkylation sites (N-methyl/N-ethyl adjacent to an activating group) is 1. The Kier molecular flexibility index (Phi) is 6.82. The maximum Gasteiger partial charge on any atom is 0.312 e. The molecule has 1 saturated carbocycles. The standard InChI is InChI=1S/C26H33N5O4S/c1-16(18-8-6-12-30(18)2)35-21-15-20(31-13-14-36-25(31)34)28-24(29-21)22(27)17-7-5-11-26(23(17)33)10-4-3-9-19(26)32/h13-16,18,27,33H,3-12H2,1-2H3/t16-,18-,26+/m0/s1. The van der Waals surface area contributed by atoms with E-state index >= 15 is 0 Å². The molecule has 3 heterocycles. The molecule has 9 nitrogen and oxygen atoms in total. The zero-order valence-corrected chi connectivity index (χ0v) is 21.6. The molecule has 1 aliphatic heterocycles. The summed E-state index contributed by atoms with van der Waals surface area (Å²) in [6.45, 7) is 3.02. The van der Waals surface area contributed by atoms with E-state index in [0.29, 0.717) is 43.5 Å². The maximum atomic E-state index is 12.9. The molecule has 36 heavy (non-hydrogen) atoms. The number of carbonyl (C=O) groups is 1. The summed E-state index contributed by atoms with van der Waals surface area (Å²) in [5.74, 6) is 0.750. The molecule has 2 fully saturated rings.